The van der Waals surface area contributed by atoms with Crippen molar-refractivity contribution in [2.24, 2.45) is 11.1 Å². The summed E-state index contributed by atoms with van der Waals surface area (Å²) in [5.41, 5.74) is 0.875. The molecular weight excluding hydrogens is 276 g/mol. The molecule has 0 heterocycles. The quantitative estimate of drug-likeness (QED) is 0.899. The van der Waals surface area contributed by atoms with E-state index in [2.05, 4.69) is 13.8 Å². The summed E-state index contributed by atoms with van der Waals surface area (Å²) in [5.74, 6) is 0.304. The largest absolute Gasteiger partial charge is 0.342 e. The predicted molar refractivity (Wildman–Crippen MR) is 79.0 cm³/mol. The van der Waals surface area contributed by atoms with Crippen molar-refractivity contribution in [3.63, 3.8) is 0 Å². The van der Waals surface area contributed by atoms with Crippen LogP contribution in [0.2, 0.25) is 0 Å². The van der Waals surface area contributed by atoms with Crippen molar-refractivity contribution in [2.75, 3.05) is 13.6 Å². The van der Waals surface area contributed by atoms with Crippen LogP contribution in [-0.4, -0.2) is 32.8 Å². The van der Waals surface area contributed by atoms with Gasteiger partial charge in [0.25, 0.3) is 5.91 Å². The first-order valence-electron chi connectivity index (χ1n) is 6.52. The van der Waals surface area contributed by atoms with Gasteiger partial charge in [0.1, 0.15) is 0 Å². The Hall–Kier alpha value is -1.40. The minimum absolute atomic E-state index is 0.000564. The Balaban J connectivity index is 3.00. The van der Waals surface area contributed by atoms with Crippen molar-refractivity contribution < 1.29 is 13.2 Å². The lowest BCUT2D eigenvalue weighted by Crippen LogP contribution is -2.28. The Morgan fingerprint density at radius 3 is 2.45 bits per heavy atom. The van der Waals surface area contributed by atoms with Crippen LogP contribution in [-0.2, 0) is 10.0 Å². The molecule has 20 heavy (non-hydrogen) atoms. The minimum Gasteiger partial charge on any atom is -0.342 e. The Morgan fingerprint density at radius 2 is 1.95 bits per heavy atom. The molecule has 0 saturated heterocycles. The third-order valence-electron chi connectivity index (χ3n) is 3.13. The van der Waals surface area contributed by atoms with Gasteiger partial charge >= 0.3 is 0 Å². The molecule has 0 aliphatic carbocycles. The molecule has 1 amide bonds. The fourth-order valence-corrected chi connectivity index (χ4v) is 2.62. The Morgan fingerprint density at radius 1 is 1.35 bits per heavy atom. The number of nitrogens with two attached hydrogens (primary N) is 1. The molecule has 1 rings (SSSR count). The Bertz CT molecular complexity index is 594. The zero-order valence-electron chi connectivity index (χ0n) is 12.4. The van der Waals surface area contributed by atoms with Crippen LogP contribution in [0.25, 0.3) is 0 Å². The van der Waals surface area contributed by atoms with E-state index in [9.17, 15) is 13.2 Å². The highest BCUT2D eigenvalue weighted by Crippen LogP contribution is 2.17. The SMILES string of the molecule is Cc1ccc(C(=O)N(C)CCC(C)C)cc1S(N)(=O)=O. The van der Waals surface area contributed by atoms with Crippen molar-refractivity contribution in [1.82, 2.24) is 4.90 Å². The first-order valence-corrected chi connectivity index (χ1v) is 8.06. The van der Waals surface area contributed by atoms with Crippen LogP contribution in [0.1, 0.15) is 36.2 Å². The van der Waals surface area contributed by atoms with Crippen molar-refractivity contribution in [3.8, 4) is 0 Å². The minimum atomic E-state index is -3.81. The van der Waals surface area contributed by atoms with E-state index in [1.807, 2.05) is 0 Å². The van der Waals surface area contributed by atoms with Crippen LogP contribution in [0, 0.1) is 12.8 Å². The molecule has 1 aromatic rings. The standard InChI is InChI=1S/C14H22N2O3S/c1-10(2)7-8-16(4)14(17)12-6-5-11(3)13(9-12)20(15,18)19/h5-6,9-10H,7-8H2,1-4H3,(H2,15,18,19). The summed E-state index contributed by atoms with van der Waals surface area (Å²) in [6.45, 7) is 6.46. The van der Waals surface area contributed by atoms with Crippen LogP contribution >= 0.6 is 0 Å². The second kappa shape index (κ2) is 6.37. The van der Waals surface area contributed by atoms with E-state index in [-0.39, 0.29) is 10.8 Å². The van der Waals surface area contributed by atoms with Gasteiger partial charge in [-0.3, -0.25) is 4.79 Å². The topological polar surface area (TPSA) is 80.5 Å². The van der Waals surface area contributed by atoms with Gasteiger partial charge in [0, 0.05) is 19.2 Å². The van der Waals surface area contributed by atoms with E-state index >= 15 is 0 Å². The summed E-state index contributed by atoms with van der Waals surface area (Å²) in [6, 6.07) is 4.57. The van der Waals surface area contributed by atoms with Crippen molar-refractivity contribution >= 4 is 15.9 Å². The van der Waals surface area contributed by atoms with Gasteiger partial charge in [-0.05, 0) is 37.0 Å². The maximum atomic E-state index is 12.2. The molecule has 0 unspecified atom stereocenters. The van der Waals surface area contributed by atoms with Gasteiger partial charge in [-0.1, -0.05) is 19.9 Å². The highest BCUT2D eigenvalue weighted by atomic mass is 32.2. The third kappa shape index (κ3) is 4.31. The van der Waals surface area contributed by atoms with Crippen LogP contribution in [0.5, 0.6) is 0 Å². The number of carbonyl (C=O) groups is 1. The average molecular weight is 298 g/mol. The normalized spacial score (nSPS) is 11.7. The van der Waals surface area contributed by atoms with Gasteiger partial charge in [0.15, 0.2) is 0 Å². The summed E-state index contributed by atoms with van der Waals surface area (Å²) in [5, 5.41) is 5.15. The van der Waals surface area contributed by atoms with Gasteiger partial charge in [-0.15, -0.1) is 0 Å². The van der Waals surface area contributed by atoms with E-state index in [0.29, 0.717) is 23.6 Å². The van der Waals surface area contributed by atoms with Gasteiger partial charge in [-0.2, -0.15) is 0 Å². The molecule has 0 atom stereocenters. The van der Waals surface area contributed by atoms with Gasteiger partial charge in [0.05, 0.1) is 4.90 Å². The molecule has 0 aromatic heterocycles. The molecule has 0 saturated carbocycles. The van der Waals surface area contributed by atoms with Gasteiger partial charge in [-0.25, -0.2) is 13.6 Å². The third-order valence-corrected chi connectivity index (χ3v) is 4.18. The molecular formula is C14H22N2O3S. The molecule has 0 bridgehead atoms. The summed E-state index contributed by atoms with van der Waals surface area (Å²) >= 11 is 0. The zero-order valence-corrected chi connectivity index (χ0v) is 13.2. The number of hydrogen-bond donors (Lipinski definition) is 1. The second-order valence-electron chi connectivity index (χ2n) is 5.43. The maximum absolute atomic E-state index is 12.2. The lowest BCUT2D eigenvalue weighted by Gasteiger charge is -2.19. The van der Waals surface area contributed by atoms with Crippen molar-refractivity contribution in [3.05, 3.63) is 29.3 Å². The highest BCUT2D eigenvalue weighted by molar-refractivity contribution is 7.89. The lowest BCUT2D eigenvalue weighted by molar-refractivity contribution is 0.0789. The van der Waals surface area contributed by atoms with E-state index in [4.69, 9.17) is 5.14 Å². The molecule has 112 valence electrons. The monoisotopic (exact) mass is 298 g/mol. The number of benzene rings is 1. The van der Waals surface area contributed by atoms with Gasteiger partial charge < -0.3 is 4.90 Å². The van der Waals surface area contributed by atoms with Crippen LogP contribution in [0.4, 0.5) is 0 Å². The molecule has 5 nitrogen and oxygen atoms in total. The number of carbonyl (C=O) groups excluding carboxylic acids is 1. The first kappa shape index (κ1) is 16.7. The zero-order chi connectivity index (χ0) is 15.5. The summed E-state index contributed by atoms with van der Waals surface area (Å²) in [7, 11) is -2.10. The van der Waals surface area contributed by atoms with Gasteiger partial charge in [0.2, 0.25) is 10.0 Å². The predicted octanol–water partition coefficient (Wildman–Crippen LogP) is 1.76. The summed E-state index contributed by atoms with van der Waals surface area (Å²) in [6.07, 6.45) is 0.899. The summed E-state index contributed by atoms with van der Waals surface area (Å²) in [4.78, 5) is 13.8. The number of sulfonamides is 1. The number of hydrogen-bond acceptors (Lipinski definition) is 3. The number of rotatable bonds is 5. The van der Waals surface area contributed by atoms with E-state index in [1.165, 1.54) is 6.07 Å². The number of aryl methyl sites for hydroxylation is 1. The molecule has 0 aliphatic rings. The first-order chi connectivity index (χ1) is 9.12. The summed E-state index contributed by atoms with van der Waals surface area (Å²) < 4.78 is 22.9. The average Bonchev–Trinajstić information content (AvgIpc) is 2.34. The van der Waals surface area contributed by atoms with Crippen LogP contribution in [0.3, 0.4) is 0 Å². The molecule has 6 heteroatoms. The molecule has 0 fully saturated rings. The molecule has 0 radical (unpaired) electrons. The molecule has 2 N–H and O–H groups in total. The lowest BCUT2D eigenvalue weighted by atomic mass is 10.1. The second-order valence-corrected chi connectivity index (χ2v) is 6.96. The molecule has 0 aliphatic heterocycles. The highest BCUT2D eigenvalue weighted by Gasteiger charge is 2.17. The number of primary sulfonamides is 1. The maximum Gasteiger partial charge on any atom is 0.253 e. The van der Waals surface area contributed by atoms with Crippen LogP contribution in [0.15, 0.2) is 23.1 Å². The van der Waals surface area contributed by atoms with E-state index < -0.39 is 10.0 Å². The molecule has 1 aromatic carbocycles. The Kier molecular flexibility index (Phi) is 5.30. The fourth-order valence-electron chi connectivity index (χ4n) is 1.81. The fraction of sp³-hybridized carbons (Fsp3) is 0.500. The number of amides is 1. The number of nitrogens with zero attached hydrogens (tertiary/aromatic N) is 1. The van der Waals surface area contributed by atoms with Crippen LogP contribution < -0.4 is 5.14 Å². The van der Waals surface area contributed by atoms with Crippen molar-refractivity contribution in [1.29, 1.82) is 0 Å². The smallest absolute Gasteiger partial charge is 0.253 e. The Labute approximate surface area is 120 Å². The van der Waals surface area contributed by atoms with E-state index in [1.54, 1.807) is 31.0 Å². The van der Waals surface area contributed by atoms with E-state index in [0.717, 1.165) is 6.42 Å². The molecule has 0 spiro atoms. The van der Waals surface area contributed by atoms with Crippen molar-refractivity contribution in [2.45, 2.75) is 32.1 Å².